The van der Waals surface area contributed by atoms with Crippen molar-refractivity contribution in [2.75, 3.05) is 17.3 Å². The number of carbonyl (C=O) groups is 1. The number of rotatable bonds is 4. The summed E-state index contributed by atoms with van der Waals surface area (Å²) in [6, 6.07) is 0.528. The van der Waals surface area contributed by atoms with Gasteiger partial charge >= 0.3 is 0 Å². The lowest BCUT2D eigenvalue weighted by Gasteiger charge is -2.27. The van der Waals surface area contributed by atoms with E-state index in [2.05, 4.69) is 12.2 Å². The molecule has 0 radical (unpaired) electrons. The van der Waals surface area contributed by atoms with Gasteiger partial charge in [-0.3, -0.25) is 4.79 Å². The third kappa shape index (κ3) is 3.26. The third-order valence-corrected chi connectivity index (χ3v) is 5.97. The van der Waals surface area contributed by atoms with E-state index in [0.29, 0.717) is 16.6 Å². The number of nitrogens with one attached hydrogen (secondary N) is 1. The summed E-state index contributed by atoms with van der Waals surface area (Å²) in [5.41, 5.74) is 6.72. The Labute approximate surface area is 123 Å². The molecule has 3 nitrogen and oxygen atoms in total. The summed E-state index contributed by atoms with van der Waals surface area (Å²) >= 11 is 3.13. The molecule has 1 heterocycles. The van der Waals surface area contributed by atoms with Gasteiger partial charge in [0, 0.05) is 13.0 Å². The van der Waals surface area contributed by atoms with Crippen LogP contribution in [0.1, 0.15) is 49.2 Å². The predicted molar refractivity (Wildman–Crippen MR) is 85.6 cm³/mol. The van der Waals surface area contributed by atoms with Crippen LogP contribution >= 0.6 is 23.1 Å². The normalized spacial score (nSPS) is 23.3. The van der Waals surface area contributed by atoms with Crippen molar-refractivity contribution in [2.45, 2.75) is 50.5 Å². The summed E-state index contributed by atoms with van der Waals surface area (Å²) in [5, 5.41) is 4.68. The SMILES string of the molecule is CSc1c(NC2CCC(C)CC2)sc(C(C)=O)c1N. The first kappa shape index (κ1) is 14.7. The van der Waals surface area contributed by atoms with E-state index in [0.717, 1.165) is 15.8 Å². The number of nitrogen functional groups attached to an aromatic ring is 1. The highest BCUT2D eigenvalue weighted by atomic mass is 32.2. The third-order valence-electron chi connectivity index (χ3n) is 3.77. The summed E-state index contributed by atoms with van der Waals surface area (Å²) in [5.74, 6) is 0.905. The lowest BCUT2D eigenvalue weighted by atomic mass is 9.87. The highest BCUT2D eigenvalue weighted by Gasteiger charge is 2.22. The molecule has 1 fully saturated rings. The Bertz CT molecular complexity index is 462. The van der Waals surface area contributed by atoms with Gasteiger partial charge in [-0.05, 0) is 37.9 Å². The van der Waals surface area contributed by atoms with Crippen molar-refractivity contribution >= 4 is 39.6 Å². The van der Waals surface area contributed by atoms with Gasteiger partial charge in [0.25, 0.3) is 0 Å². The van der Waals surface area contributed by atoms with Crippen molar-refractivity contribution in [2.24, 2.45) is 5.92 Å². The van der Waals surface area contributed by atoms with E-state index in [1.165, 1.54) is 37.0 Å². The summed E-state index contributed by atoms with van der Waals surface area (Å²) in [7, 11) is 0. The number of ketones is 1. The van der Waals surface area contributed by atoms with Crippen LogP contribution in [0.4, 0.5) is 10.7 Å². The standard InChI is InChI=1S/C14H22N2OS2/c1-8-4-6-10(7-5-8)16-14-13(18-3)11(15)12(19-14)9(2)17/h8,10,16H,4-7,15H2,1-3H3. The van der Waals surface area contributed by atoms with Crippen LogP contribution in [0.3, 0.4) is 0 Å². The lowest BCUT2D eigenvalue weighted by molar-refractivity contribution is 0.102. The van der Waals surface area contributed by atoms with Crippen LogP contribution in [-0.4, -0.2) is 18.1 Å². The average molecular weight is 298 g/mol. The number of anilines is 2. The number of hydrogen-bond donors (Lipinski definition) is 2. The van der Waals surface area contributed by atoms with Gasteiger partial charge < -0.3 is 11.1 Å². The predicted octanol–water partition coefficient (Wildman–Crippen LogP) is 4.25. The molecule has 19 heavy (non-hydrogen) atoms. The molecule has 0 aromatic carbocycles. The molecule has 0 amide bonds. The van der Waals surface area contributed by atoms with Crippen LogP contribution in [0.2, 0.25) is 0 Å². The Morgan fingerprint density at radius 2 is 2.00 bits per heavy atom. The van der Waals surface area contributed by atoms with Crippen molar-refractivity contribution in [1.29, 1.82) is 0 Å². The minimum atomic E-state index is 0.0584. The van der Waals surface area contributed by atoms with Gasteiger partial charge in [-0.15, -0.1) is 23.1 Å². The molecule has 0 spiro atoms. The second-order valence-corrected chi connectivity index (χ2v) is 7.20. The van der Waals surface area contributed by atoms with Gasteiger partial charge in [0.15, 0.2) is 5.78 Å². The van der Waals surface area contributed by atoms with Gasteiger partial charge in [-0.2, -0.15) is 0 Å². The molecular weight excluding hydrogens is 276 g/mol. The molecular formula is C14H22N2OS2. The Hall–Kier alpha value is -0.680. The fraction of sp³-hybridized carbons (Fsp3) is 0.643. The zero-order valence-electron chi connectivity index (χ0n) is 11.8. The molecule has 1 aliphatic rings. The molecule has 0 unspecified atom stereocenters. The zero-order valence-corrected chi connectivity index (χ0v) is 13.4. The van der Waals surface area contributed by atoms with Crippen molar-refractivity contribution in [3.8, 4) is 0 Å². The van der Waals surface area contributed by atoms with E-state index >= 15 is 0 Å². The van der Waals surface area contributed by atoms with Crippen molar-refractivity contribution in [3.05, 3.63) is 4.88 Å². The largest absolute Gasteiger partial charge is 0.396 e. The quantitative estimate of drug-likeness (QED) is 0.644. The monoisotopic (exact) mass is 298 g/mol. The molecule has 5 heteroatoms. The summed E-state index contributed by atoms with van der Waals surface area (Å²) in [6.07, 6.45) is 7.00. The lowest BCUT2D eigenvalue weighted by Crippen LogP contribution is -2.24. The second-order valence-electron chi connectivity index (χ2n) is 5.36. The van der Waals surface area contributed by atoms with E-state index in [4.69, 9.17) is 5.73 Å². The van der Waals surface area contributed by atoms with E-state index in [1.54, 1.807) is 18.7 Å². The number of thiophene rings is 1. The van der Waals surface area contributed by atoms with Crippen LogP contribution < -0.4 is 11.1 Å². The fourth-order valence-electron chi connectivity index (χ4n) is 2.58. The van der Waals surface area contributed by atoms with E-state index in [9.17, 15) is 4.79 Å². The van der Waals surface area contributed by atoms with Gasteiger partial charge in [0.05, 0.1) is 15.5 Å². The molecule has 2 rings (SSSR count). The van der Waals surface area contributed by atoms with E-state index < -0.39 is 0 Å². The number of Topliss-reactive ketones (excluding diaryl/α,β-unsaturated/α-hetero) is 1. The molecule has 106 valence electrons. The Morgan fingerprint density at radius 1 is 1.37 bits per heavy atom. The highest BCUT2D eigenvalue weighted by Crippen LogP contribution is 2.43. The highest BCUT2D eigenvalue weighted by molar-refractivity contribution is 7.99. The number of thioether (sulfide) groups is 1. The molecule has 1 aliphatic carbocycles. The first-order valence-electron chi connectivity index (χ1n) is 6.76. The van der Waals surface area contributed by atoms with Crippen LogP contribution in [0, 0.1) is 5.92 Å². The Kier molecular flexibility index (Phi) is 4.79. The molecule has 0 bridgehead atoms. The average Bonchev–Trinajstić information content (AvgIpc) is 2.68. The molecule has 0 aliphatic heterocycles. The summed E-state index contributed by atoms with van der Waals surface area (Å²) < 4.78 is 0. The Morgan fingerprint density at radius 3 is 2.53 bits per heavy atom. The van der Waals surface area contributed by atoms with E-state index in [-0.39, 0.29) is 5.78 Å². The maximum Gasteiger partial charge on any atom is 0.171 e. The van der Waals surface area contributed by atoms with Crippen molar-refractivity contribution in [3.63, 3.8) is 0 Å². The van der Waals surface area contributed by atoms with Crippen molar-refractivity contribution in [1.82, 2.24) is 0 Å². The molecule has 0 saturated heterocycles. The topological polar surface area (TPSA) is 55.1 Å². The van der Waals surface area contributed by atoms with Crippen LogP contribution in [0.25, 0.3) is 0 Å². The molecule has 3 N–H and O–H groups in total. The van der Waals surface area contributed by atoms with Gasteiger partial charge in [-0.25, -0.2) is 0 Å². The number of carbonyl (C=O) groups excluding carboxylic acids is 1. The van der Waals surface area contributed by atoms with Gasteiger partial charge in [0.1, 0.15) is 5.00 Å². The smallest absolute Gasteiger partial charge is 0.171 e. The van der Waals surface area contributed by atoms with Gasteiger partial charge in [-0.1, -0.05) is 6.92 Å². The van der Waals surface area contributed by atoms with Crippen molar-refractivity contribution < 1.29 is 4.79 Å². The summed E-state index contributed by atoms with van der Waals surface area (Å²) in [6.45, 7) is 3.90. The molecule has 1 saturated carbocycles. The number of hydrogen-bond acceptors (Lipinski definition) is 5. The van der Waals surface area contributed by atoms with Crippen LogP contribution in [0.5, 0.6) is 0 Å². The fourth-order valence-corrected chi connectivity index (χ4v) is 4.57. The Balaban J connectivity index is 2.15. The first-order chi connectivity index (χ1) is 9.02. The maximum atomic E-state index is 11.6. The number of nitrogens with two attached hydrogens (primary N) is 1. The minimum absolute atomic E-state index is 0.0584. The molecule has 1 aromatic rings. The van der Waals surface area contributed by atoms with Crippen LogP contribution in [0.15, 0.2) is 4.90 Å². The minimum Gasteiger partial charge on any atom is -0.396 e. The van der Waals surface area contributed by atoms with E-state index in [1.807, 2.05) is 6.26 Å². The second kappa shape index (κ2) is 6.18. The first-order valence-corrected chi connectivity index (χ1v) is 8.80. The zero-order chi connectivity index (χ0) is 14.0. The van der Waals surface area contributed by atoms with Crippen LogP contribution in [-0.2, 0) is 0 Å². The molecule has 1 aromatic heterocycles. The van der Waals surface area contributed by atoms with Gasteiger partial charge in [0.2, 0.25) is 0 Å². The summed E-state index contributed by atoms with van der Waals surface area (Å²) in [4.78, 5) is 13.3. The molecule has 0 atom stereocenters. The maximum absolute atomic E-state index is 11.6.